The Morgan fingerprint density at radius 3 is 3.19 bits per heavy atom. The van der Waals surface area contributed by atoms with Gasteiger partial charge >= 0.3 is 0 Å². The van der Waals surface area contributed by atoms with Crippen LogP contribution in [-0.2, 0) is 6.54 Å². The highest BCUT2D eigenvalue weighted by Gasteiger charge is 2.19. The van der Waals surface area contributed by atoms with Gasteiger partial charge in [-0.2, -0.15) is 0 Å². The summed E-state index contributed by atoms with van der Waals surface area (Å²) in [6.07, 6.45) is 3.31. The Kier molecular flexibility index (Phi) is 4.29. The van der Waals surface area contributed by atoms with Crippen LogP contribution in [0.5, 0.6) is 0 Å². The van der Waals surface area contributed by atoms with Crippen LogP contribution in [0.4, 0.5) is 0 Å². The van der Waals surface area contributed by atoms with Gasteiger partial charge in [0.15, 0.2) is 0 Å². The first kappa shape index (κ1) is 14.6. The average Bonchev–Trinajstić information content (AvgIpc) is 2.89. The molecule has 1 aromatic carbocycles. The number of imidazole rings is 1. The molecule has 110 valence electrons. The molecule has 2 N–H and O–H groups in total. The van der Waals surface area contributed by atoms with Crippen molar-refractivity contribution in [3.05, 3.63) is 28.5 Å². The summed E-state index contributed by atoms with van der Waals surface area (Å²) < 4.78 is 3.11. The van der Waals surface area contributed by atoms with Gasteiger partial charge in [0.25, 0.3) is 0 Å². The van der Waals surface area contributed by atoms with Crippen LogP contribution in [0.3, 0.4) is 0 Å². The van der Waals surface area contributed by atoms with Crippen LogP contribution in [-0.4, -0.2) is 33.3 Å². The van der Waals surface area contributed by atoms with Crippen molar-refractivity contribution < 1.29 is 5.11 Å². The van der Waals surface area contributed by atoms with E-state index in [2.05, 4.69) is 51.1 Å². The molecule has 0 amide bonds. The van der Waals surface area contributed by atoms with Crippen LogP contribution in [0, 0.1) is 18.8 Å². The molecule has 5 heteroatoms. The second-order valence-electron chi connectivity index (χ2n) is 5.38. The fourth-order valence-corrected chi connectivity index (χ4v) is 2.95. The molecule has 1 fully saturated rings. The third-order valence-corrected chi connectivity index (χ3v) is 4.77. The lowest BCUT2D eigenvalue weighted by Crippen LogP contribution is -2.43. The second kappa shape index (κ2) is 6.18. The van der Waals surface area contributed by atoms with Crippen molar-refractivity contribution in [1.82, 2.24) is 14.9 Å². The summed E-state index contributed by atoms with van der Waals surface area (Å²) in [5, 5.41) is 13.1. The van der Waals surface area contributed by atoms with Crippen LogP contribution in [0.15, 0.2) is 22.9 Å². The molecular formula is C16H18BrN3O. The predicted octanol–water partition coefficient (Wildman–Crippen LogP) is 2.22. The van der Waals surface area contributed by atoms with Gasteiger partial charge < -0.3 is 15.0 Å². The number of halogens is 1. The van der Waals surface area contributed by atoms with Gasteiger partial charge in [-0.15, -0.1) is 0 Å². The normalized spacial score (nSPS) is 22.0. The maximum absolute atomic E-state index is 9.88. The van der Waals surface area contributed by atoms with E-state index in [1.165, 1.54) is 0 Å². The van der Waals surface area contributed by atoms with E-state index in [-0.39, 0.29) is 12.1 Å². The quantitative estimate of drug-likeness (QED) is 0.777. The maximum Gasteiger partial charge on any atom is 0.0967 e. The minimum Gasteiger partial charge on any atom is -0.390 e. The molecule has 1 aromatic heterocycles. The Morgan fingerprint density at radius 2 is 2.38 bits per heavy atom. The van der Waals surface area contributed by atoms with Crippen molar-refractivity contribution in [3.63, 3.8) is 0 Å². The average molecular weight is 348 g/mol. The van der Waals surface area contributed by atoms with Gasteiger partial charge in [0.05, 0.1) is 36.1 Å². The zero-order valence-electron chi connectivity index (χ0n) is 11.9. The molecule has 2 atom stereocenters. The SMILES string of the molecule is Cc1c(Br)ccc2c1ncn2CC#C[C@H]1NCCC[C@@H]1O. The Hall–Kier alpha value is -1.35. The number of rotatable bonds is 1. The number of hydrogen-bond donors (Lipinski definition) is 2. The Balaban J connectivity index is 1.79. The van der Waals surface area contributed by atoms with Crippen LogP contribution in [0.25, 0.3) is 11.0 Å². The molecular weight excluding hydrogens is 330 g/mol. The highest BCUT2D eigenvalue weighted by Crippen LogP contribution is 2.24. The number of aliphatic hydroxyl groups excluding tert-OH is 1. The predicted molar refractivity (Wildman–Crippen MR) is 87.0 cm³/mol. The molecule has 4 nitrogen and oxygen atoms in total. The van der Waals surface area contributed by atoms with Crippen LogP contribution >= 0.6 is 15.9 Å². The van der Waals surface area contributed by atoms with E-state index in [0.29, 0.717) is 6.54 Å². The molecule has 0 spiro atoms. The van der Waals surface area contributed by atoms with Crippen molar-refractivity contribution in [2.45, 2.75) is 38.5 Å². The van der Waals surface area contributed by atoms with E-state index in [9.17, 15) is 5.11 Å². The smallest absolute Gasteiger partial charge is 0.0967 e. The summed E-state index contributed by atoms with van der Waals surface area (Å²) in [4.78, 5) is 4.46. The number of nitrogens with one attached hydrogen (secondary N) is 1. The molecule has 1 saturated heterocycles. The number of aromatic nitrogens is 2. The number of piperidine rings is 1. The molecule has 1 aliphatic rings. The van der Waals surface area contributed by atoms with Gasteiger partial charge in [-0.05, 0) is 44.0 Å². The van der Waals surface area contributed by atoms with Crippen molar-refractivity contribution in [2.24, 2.45) is 0 Å². The summed E-state index contributed by atoms with van der Waals surface area (Å²) in [6, 6.07) is 3.98. The summed E-state index contributed by atoms with van der Waals surface area (Å²) >= 11 is 3.52. The summed E-state index contributed by atoms with van der Waals surface area (Å²) in [5.74, 6) is 6.28. The first-order valence-corrected chi connectivity index (χ1v) is 7.96. The van der Waals surface area contributed by atoms with Crippen molar-refractivity contribution in [3.8, 4) is 11.8 Å². The van der Waals surface area contributed by atoms with Crippen LogP contribution < -0.4 is 5.32 Å². The fraction of sp³-hybridized carbons (Fsp3) is 0.438. The lowest BCUT2D eigenvalue weighted by atomic mass is 10.0. The standard InChI is InChI=1S/C16H18BrN3O/c1-11-12(17)6-7-14-16(11)19-10-20(14)9-3-4-13-15(21)5-2-8-18-13/h6-7,10,13,15,18,21H,2,5,8-9H2,1H3/t13-,15+/m1/s1. The largest absolute Gasteiger partial charge is 0.390 e. The molecule has 2 heterocycles. The number of aliphatic hydroxyl groups is 1. The van der Waals surface area contributed by atoms with Gasteiger partial charge in [-0.3, -0.25) is 0 Å². The van der Waals surface area contributed by atoms with E-state index < -0.39 is 0 Å². The van der Waals surface area contributed by atoms with Gasteiger partial charge in [0.1, 0.15) is 0 Å². The number of aryl methyl sites for hydroxylation is 1. The van der Waals surface area contributed by atoms with E-state index in [1.54, 1.807) is 0 Å². The Morgan fingerprint density at radius 1 is 1.52 bits per heavy atom. The highest BCUT2D eigenvalue weighted by molar-refractivity contribution is 9.10. The van der Waals surface area contributed by atoms with E-state index in [0.717, 1.165) is 40.5 Å². The number of hydrogen-bond acceptors (Lipinski definition) is 3. The maximum atomic E-state index is 9.88. The highest BCUT2D eigenvalue weighted by atomic mass is 79.9. The van der Waals surface area contributed by atoms with Crippen LogP contribution in [0.2, 0.25) is 0 Å². The summed E-state index contributed by atoms with van der Waals surface area (Å²) in [7, 11) is 0. The number of nitrogens with zero attached hydrogens (tertiary/aromatic N) is 2. The van der Waals surface area contributed by atoms with Gasteiger partial charge in [-0.1, -0.05) is 27.8 Å². The molecule has 3 rings (SSSR count). The molecule has 2 aromatic rings. The molecule has 0 radical (unpaired) electrons. The van der Waals surface area contributed by atoms with Crippen molar-refractivity contribution >= 4 is 27.0 Å². The van der Waals surface area contributed by atoms with E-state index in [1.807, 2.05) is 17.0 Å². The fourth-order valence-electron chi connectivity index (χ4n) is 2.63. The molecule has 0 unspecified atom stereocenters. The minimum atomic E-state index is -0.357. The third-order valence-electron chi connectivity index (χ3n) is 3.91. The lowest BCUT2D eigenvalue weighted by molar-refractivity contribution is 0.118. The molecule has 0 saturated carbocycles. The Bertz CT molecular complexity index is 713. The zero-order chi connectivity index (χ0) is 14.8. The third kappa shape index (κ3) is 2.98. The monoisotopic (exact) mass is 347 g/mol. The zero-order valence-corrected chi connectivity index (χ0v) is 13.5. The molecule has 21 heavy (non-hydrogen) atoms. The van der Waals surface area contributed by atoms with Crippen molar-refractivity contribution in [1.29, 1.82) is 0 Å². The summed E-state index contributed by atoms with van der Waals surface area (Å²) in [5.41, 5.74) is 3.23. The van der Waals surface area contributed by atoms with Gasteiger partial charge in [0, 0.05) is 4.47 Å². The van der Waals surface area contributed by atoms with E-state index >= 15 is 0 Å². The van der Waals surface area contributed by atoms with Gasteiger partial charge in [-0.25, -0.2) is 4.98 Å². The molecule has 1 aliphatic heterocycles. The first-order chi connectivity index (χ1) is 10.2. The summed E-state index contributed by atoms with van der Waals surface area (Å²) in [6.45, 7) is 3.57. The first-order valence-electron chi connectivity index (χ1n) is 7.16. The number of fused-ring (bicyclic) bond motifs is 1. The lowest BCUT2D eigenvalue weighted by Gasteiger charge is -2.24. The minimum absolute atomic E-state index is 0.107. The topological polar surface area (TPSA) is 50.1 Å². The van der Waals surface area contributed by atoms with E-state index in [4.69, 9.17) is 0 Å². The Labute approximate surface area is 132 Å². The van der Waals surface area contributed by atoms with Crippen LogP contribution in [0.1, 0.15) is 18.4 Å². The van der Waals surface area contributed by atoms with Crippen molar-refractivity contribution in [2.75, 3.05) is 6.54 Å². The number of benzene rings is 1. The van der Waals surface area contributed by atoms with Gasteiger partial charge in [0.2, 0.25) is 0 Å². The second-order valence-corrected chi connectivity index (χ2v) is 6.23. The molecule has 0 bridgehead atoms. The molecule has 0 aliphatic carbocycles.